The molecule has 0 amide bonds. The number of nitrogens with two attached hydrogens (primary N) is 1. The third-order valence-corrected chi connectivity index (χ3v) is 3.25. The zero-order chi connectivity index (χ0) is 14.1. The number of aromatic nitrogens is 2. The van der Waals surface area contributed by atoms with Crippen molar-refractivity contribution < 1.29 is 0 Å². The average molecular weight is 264 g/mol. The summed E-state index contributed by atoms with van der Waals surface area (Å²) in [5.41, 5.74) is 8.97. The highest BCUT2D eigenvalue weighted by Crippen LogP contribution is 2.25. The van der Waals surface area contributed by atoms with E-state index >= 15 is 0 Å². The number of nitrogens with zero attached hydrogens (tertiary/aromatic N) is 3. The van der Waals surface area contributed by atoms with Gasteiger partial charge in [0.25, 0.3) is 0 Å². The molecule has 0 aliphatic heterocycles. The molecule has 0 radical (unpaired) electrons. The first-order chi connectivity index (χ1) is 9.65. The van der Waals surface area contributed by atoms with Gasteiger partial charge in [-0.2, -0.15) is 0 Å². The minimum Gasteiger partial charge on any atom is -0.383 e. The van der Waals surface area contributed by atoms with Crippen LogP contribution in [0.15, 0.2) is 48.5 Å². The summed E-state index contributed by atoms with van der Waals surface area (Å²) in [6.45, 7) is 0. The highest BCUT2D eigenvalue weighted by molar-refractivity contribution is 5.89. The second kappa shape index (κ2) is 4.81. The Labute approximate surface area is 117 Å². The summed E-state index contributed by atoms with van der Waals surface area (Å²) >= 11 is 0. The van der Waals surface area contributed by atoms with Gasteiger partial charge in [-0.25, -0.2) is 9.97 Å². The van der Waals surface area contributed by atoms with E-state index in [9.17, 15) is 0 Å². The lowest BCUT2D eigenvalue weighted by molar-refractivity contribution is 1.13. The lowest BCUT2D eigenvalue weighted by Crippen LogP contribution is -2.08. The summed E-state index contributed by atoms with van der Waals surface area (Å²) in [5.74, 6) is 1.17. The molecule has 3 aromatic rings. The standard InChI is InChI=1S/C16H16N4/c1-20(2)12-7-5-6-11(10-12)16-18-14-9-4-3-8-13(14)15(17)19-16/h3-10H,1-2H3,(H2,17,18,19). The van der Waals surface area contributed by atoms with E-state index in [1.165, 1.54) is 0 Å². The fraction of sp³-hybridized carbons (Fsp3) is 0.125. The van der Waals surface area contributed by atoms with Crippen LogP contribution in [0.1, 0.15) is 0 Å². The van der Waals surface area contributed by atoms with Crippen molar-refractivity contribution in [1.82, 2.24) is 9.97 Å². The van der Waals surface area contributed by atoms with Crippen LogP contribution >= 0.6 is 0 Å². The quantitative estimate of drug-likeness (QED) is 0.773. The Morgan fingerprint density at radius 1 is 0.950 bits per heavy atom. The summed E-state index contributed by atoms with van der Waals surface area (Å²) in [6, 6.07) is 15.9. The van der Waals surface area contributed by atoms with Crippen LogP contribution in [0.25, 0.3) is 22.3 Å². The van der Waals surface area contributed by atoms with E-state index in [0.717, 1.165) is 22.2 Å². The molecule has 4 heteroatoms. The molecule has 0 spiro atoms. The Morgan fingerprint density at radius 2 is 1.75 bits per heavy atom. The third-order valence-electron chi connectivity index (χ3n) is 3.25. The minimum absolute atomic E-state index is 0.515. The van der Waals surface area contributed by atoms with Crippen LogP contribution in [0.4, 0.5) is 11.5 Å². The zero-order valence-corrected chi connectivity index (χ0v) is 11.5. The van der Waals surface area contributed by atoms with Gasteiger partial charge in [-0.3, -0.25) is 0 Å². The molecule has 2 N–H and O–H groups in total. The molecule has 0 aliphatic carbocycles. The smallest absolute Gasteiger partial charge is 0.162 e. The first-order valence-corrected chi connectivity index (χ1v) is 6.45. The molecular formula is C16H16N4. The summed E-state index contributed by atoms with van der Waals surface area (Å²) in [7, 11) is 4.02. The van der Waals surface area contributed by atoms with Gasteiger partial charge in [-0.15, -0.1) is 0 Å². The van der Waals surface area contributed by atoms with Gasteiger partial charge in [0, 0.05) is 30.7 Å². The molecule has 1 heterocycles. The Kier molecular flexibility index (Phi) is 2.99. The van der Waals surface area contributed by atoms with E-state index in [2.05, 4.69) is 16.0 Å². The van der Waals surface area contributed by atoms with Crippen molar-refractivity contribution in [3.05, 3.63) is 48.5 Å². The van der Waals surface area contributed by atoms with E-state index < -0.39 is 0 Å². The third kappa shape index (κ3) is 2.16. The SMILES string of the molecule is CN(C)c1cccc(-c2nc(N)c3ccccc3n2)c1. The largest absolute Gasteiger partial charge is 0.383 e. The van der Waals surface area contributed by atoms with E-state index in [-0.39, 0.29) is 0 Å². The monoisotopic (exact) mass is 264 g/mol. The van der Waals surface area contributed by atoms with E-state index in [4.69, 9.17) is 5.73 Å². The van der Waals surface area contributed by atoms with E-state index in [0.29, 0.717) is 11.6 Å². The van der Waals surface area contributed by atoms with Crippen LogP contribution in [-0.4, -0.2) is 24.1 Å². The molecule has 0 atom stereocenters. The number of para-hydroxylation sites is 1. The average Bonchev–Trinajstić information content (AvgIpc) is 2.47. The van der Waals surface area contributed by atoms with Gasteiger partial charge in [-0.1, -0.05) is 24.3 Å². The highest BCUT2D eigenvalue weighted by Gasteiger charge is 2.07. The highest BCUT2D eigenvalue weighted by atomic mass is 15.1. The summed E-state index contributed by atoms with van der Waals surface area (Å²) in [4.78, 5) is 11.1. The minimum atomic E-state index is 0.515. The van der Waals surface area contributed by atoms with E-state index in [1.807, 2.05) is 61.5 Å². The number of nitrogen functional groups attached to an aromatic ring is 1. The lowest BCUT2D eigenvalue weighted by atomic mass is 10.1. The molecule has 3 rings (SSSR count). The maximum Gasteiger partial charge on any atom is 0.162 e. The fourth-order valence-electron chi connectivity index (χ4n) is 2.15. The molecule has 0 aliphatic rings. The van der Waals surface area contributed by atoms with Crippen molar-refractivity contribution in [3.63, 3.8) is 0 Å². The second-order valence-corrected chi connectivity index (χ2v) is 4.89. The van der Waals surface area contributed by atoms with Gasteiger partial charge in [0.2, 0.25) is 0 Å². The maximum atomic E-state index is 6.03. The van der Waals surface area contributed by atoms with Gasteiger partial charge in [0.15, 0.2) is 5.82 Å². The van der Waals surface area contributed by atoms with Gasteiger partial charge in [-0.05, 0) is 24.3 Å². The molecule has 2 aromatic carbocycles. The van der Waals surface area contributed by atoms with Crippen molar-refractivity contribution >= 4 is 22.4 Å². The molecule has 100 valence electrons. The summed E-state index contributed by atoms with van der Waals surface area (Å²) in [5, 5.41) is 0.889. The Morgan fingerprint density at radius 3 is 2.55 bits per heavy atom. The van der Waals surface area contributed by atoms with Crippen LogP contribution in [0.2, 0.25) is 0 Å². The molecule has 0 bridgehead atoms. The topological polar surface area (TPSA) is 55.0 Å². The predicted molar refractivity (Wildman–Crippen MR) is 83.7 cm³/mol. The molecule has 20 heavy (non-hydrogen) atoms. The number of hydrogen-bond donors (Lipinski definition) is 1. The first-order valence-electron chi connectivity index (χ1n) is 6.45. The number of fused-ring (bicyclic) bond motifs is 1. The van der Waals surface area contributed by atoms with Crippen molar-refractivity contribution in [1.29, 1.82) is 0 Å². The van der Waals surface area contributed by atoms with Crippen molar-refractivity contribution in [2.75, 3.05) is 24.7 Å². The first kappa shape index (κ1) is 12.4. The van der Waals surface area contributed by atoms with Crippen LogP contribution in [0.3, 0.4) is 0 Å². The number of anilines is 2. The lowest BCUT2D eigenvalue weighted by Gasteiger charge is -2.13. The zero-order valence-electron chi connectivity index (χ0n) is 11.5. The molecule has 0 unspecified atom stereocenters. The normalized spacial score (nSPS) is 10.7. The second-order valence-electron chi connectivity index (χ2n) is 4.89. The maximum absolute atomic E-state index is 6.03. The number of benzene rings is 2. The molecule has 4 nitrogen and oxygen atoms in total. The summed E-state index contributed by atoms with van der Waals surface area (Å²) in [6.07, 6.45) is 0. The van der Waals surface area contributed by atoms with E-state index in [1.54, 1.807) is 0 Å². The fourth-order valence-corrected chi connectivity index (χ4v) is 2.15. The Balaban J connectivity index is 2.17. The molecule has 1 aromatic heterocycles. The van der Waals surface area contributed by atoms with Crippen molar-refractivity contribution in [3.8, 4) is 11.4 Å². The number of hydrogen-bond acceptors (Lipinski definition) is 4. The van der Waals surface area contributed by atoms with Crippen LogP contribution in [0.5, 0.6) is 0 Å². The van der Waals surface area contributed by atoms with Gasteiger partial charge in [0.1, 0.15) is 5.82 Å². The Bertz CT molecular complexity index is 765. The molecule has 0 saturated heterocycles. The summed E-state index contributed by atoms with van der Waals surface area (Å²) < 4.78 is 0. The predicted octanol–water partition coefficient (Wildman–Crippen LogP) is 2.95. The van der Waals surface area contributed by atoms with Gasteiger partial charge < -0.3 is 10.6 Å². The van der Waals surface area contributed by atoms with Crippen LogP contribution < -0.4 is 10.6 Å². The van der Waals surface area contributed by atoms with Gasteiger partial charge >= 0.3 is 0 Å². The van der Waals surface area contributed by atoms with Crippen LogP contribution in [0, 0.1) is 0 Å². The molecular weight excluding hydrogens is 248 g/mol. The van der Waals surface area contributed by atoms with Crippen molar-refractivity contribution in [2.45, 2.75) is 0 Å². The number of rotatable bonds is 2. The van der Waals surface area contributed by atoms with Crippen molar-refractivity contribution in [2.24, 2.45) is 0 Å². The van der Waals surface area contributed by atoms with Gasteiger partial charge in [0.05, 0.1) is 5.52 Å². The molecule has 0 fully saturated rings. The molecule has 0 saturated carbocycles. The Hall–Kier alpha value is -2.62. The van der Waals surface area contributed by atoms with Crippen LogP contribution in [-0.2, 0) is 0 Å².